The Labute approximate surface area is 102 Å². The van der Waals surface area contributed by atoms with Gasteiger partial charge in [0.05, 0.1) is 21.6 Å². The number of sulfone groups is 1. The van der Waals surface area contributed by atoms with Crippen molar-refractivity contribution in [2.45, 2.75) is 4.90 Å². The Hall–Kier alpha value is -2.15. The van der Waals surface area contributed by atoms with Gasteiger partial charge in [0.1, 0.15) is 0 Å². The molecular formula is C11H10N2O4S. The van der Waals surface area contributed by atoms with E-state index in [0.29, 0.717) is 0 Å². The molecule has 1 aromatic carbocycles. The van der Waals surface area contributed by atoms with Gasteiger partial charge in [-0.05, 0) is 12.1 Å². The summed E-state index contributed by atoms with van der Waals surface area (Å²) in [6, 6.07) is 4.27. The van der Waals surface area contributed by atoms with Crippen LogP contribution in [-0.2, 0) is 9.84 Å². The highest BCUT2D eigenvalue weighted by atomic mass is 32.2. The quantitative estimate of drug-likeness (QED) is 0.774. The number of hydrogen-bond donors (Lipinski definition) is 2. The van der Waals surface area contributed by atoms with Gasteiger partial charge in [-0.3, -0.25) is 9.78 Å². The molecule has 0 bridgehead atoms. The van der Waals surface area contributed by atoms with E-state index in [1.54, 1.807) is 0 Å². The van der Waals surface area contributed by atoms with Crippen molar-refractivity contribution < 1.29 is 8.42 Å². The van der Waals surface area contributed by atoms with Crippen molar-refractivity contribution in [3.63, 3.8) is 0 Å². The maximum absolute atomic E-state index is 12.0. The topological polar surface area (TPSA) is 99.9 Å². The van der Waals surface area contributed by atoms with Gasteiger partial charge in [0.2, 0.25) is 0 Å². The van der Waals surface area contributed by atoms with Crippen molar-refractivity contribution in [1.29, 1.82) is 0 Å². The standard InChI is InChI=1S/C11H10N2O4S/c1-2-6-18(16,17)8-5-3-4-7-9(8)10(14)13-11(15)12-7/h2-5H,1,6H2,(H2,12,13,14,15). The third kappa shape index (κ3) is 2.00. The molecule has 0 saturated heterocycles. The lowest BCUT2D eigenvalue weighted by atomic mass is 10.2. The maximum atomic E-state index is 12.0. The fourth-order valence-corrected chi connectivity index (χ4v) is 2.98. The molecule has 2 N–H and O–H groups in total. The predicted molar refractivity (Wildman–Crippen MR) is 67.4 cm³/mol. The first-order valence-corrected chi connectivity index (χ1v) is 6.70. The first-order valence-electron chi connectivity index (χ1n) is 5.04. The second kappa shape index (κ2) is 4.26. The van der Waals surface area contributed by atoms with Crippen molar-refractivity contribution in [2.75, 3.05) is 5.75 Å². The zero-order chi connectivity index (χ0) is 13.3. The molecule has 6 nitrogen and oxygen atoms in total. The Morgan fingerprint density at radius 3 is 2.61 bits per heavy atom. The molecule has 0 fully saturated rings. The zero-order valence-electron chi connectivity index (χ0n) is 9.26. The van der Waals surface area contributed by atoms with E-state index in [1.165, 1.54) is 24.3 Å². The molecule has 0 spiro atoms. The molecule has 0 atom stereocenters. The SMILES string of the molecule is C=CCS(=O)(=O)c1cccc2[nH]c(=O)[nH]c(=O)c12. The first-order chi connectivity index (χ1) is 8.45. The van der Waals surface area contributed by atoms with Gasteiger partial charge < -0.3 is 4.98 Å². The van der Waals surface area contributed by atoms with Gasteiger partial charge in [-0.1, -0.05) is 12.1 Å². The molecule has 0 saturated carbocycles. The van der Waals surface area contributed by atoms with E-state index < -0.39 is 21.1 Å². The van der Waals surface area contributed by atoms with Gasteiger partial charge in [0.25, 0.3) is 5.56 Å². The number of nitrogens with one attached hydrogen (secondary N) is 2. The second-order valence-corrected chi connectivity index (χ2v) is 5.66. The minimum Gasteiger partial charge on any atom is -0.307 e. The lowest BCUT2D eigenvalue weighted by Crippen LogP contribution is -2.23. The third-order valence-electron chi connectivity index (χ3n) is 2.40. The van der Waals surface area contributed by atoms with Crippen molar-refractivity contribution in [3.8, 4) is 0 Å². The Bertz CT molecular complexity index is 830. The minimum atomic E-state index is -3.63. The van der Waals surface area contributed by atoms with Gasteiger partial charge in [0, 0.05) is 0 Å². The number of aromatic amines is 2. The molecule has 0 aliphatic rings. The van der Waals surface area contributed by atoms with Gasteiger partial charge >= 0.3 is 5.69 Å². The van der Waals surface area contributed by atoms with E-state index in [0.717, 1.165) is 0 Å². The largest absolute Gasteiger partial charge is 0.326 e. The molecule has 0 aliphatic carbocycles. The van der Waals surface area contributed by atoms with E-state index in [-0.39, 0.29) is 21.6 Å². The van der Waals surface area contributed by atoms with Crippen LogP contribution in [0.3, 0.4) is 0 Å². The van der Waals surface area contributed by atoms with Crippen LogP contribution in [-0.4, -0.2) is 24.1 Å². The molecule has 1 aromatic heterocycles. The smallest absolute Gasteiger partial charge is 0.307 e. The van der Waals surface area contributed by atoms with E-state index in [4.69, 9.17) is 0 Å². The van der Waals surface area contributed by atoms with Crippen LogP contribution in [0, 0.1) is 0 Å². The molecule has 7 heteroatoms. The molecule has 0 amide bonds. The summed E-state index contributed by atoms with van der Waals surface area (Å²) in [7, 11) is -3.63. The lowest BCUT2D eigenvalue weighted by Gasteiger charge is -2.04. The van der Waals surface area contributed by atoms with Crippen LogP contribution in [0.1, 0.15) is 0 Å². The average Bonchev–Trinajstić information content (AvgIpc) is 2.27. The molecule has 18 heavy (non-hydrogen) atoms. The van der Waals surface area contributed by atoms with Crippen molar-refractivity contribution in [2.24, 2.45) is 0 Å². The highest BCUT2D eigenvalue weighted by Crippen LogP contribution is 2.18. The van der Waals surface area contributed by atoms with Crippen LogP contribution in [0.25, 0.3) is 10.9 Å². The second-order valence-electron chi connectivity index (χ2n) is 3.66. The highest BCUT2D eigenvalue weighted by Gasteiger charge is 2.18. The molecule has 2 aromatic rings. The normalized spacial score (nSPS) is 11.6. The minimum absolute atomic E-state index is 0.0426. The lowest BCUT2D eigenvalue weighted by molar-refractivity contribution is 0.599. The van der Waals surface area contributed by atoms with Gasteiger partial charge in [-0.25, -0.2) is 13.2 Å². The molecule has 0 aliphatic heterocycles. The molecule has 0 radical (unpaired) electrons. The van der Waals surface area contributed by atoms with Gasteiger partial charge in [0.15, 0.2) is 9.84 Å². The van der Waals surface area contributed by atoms with E-state index >= 15 is 0 Å². The third-order valence-corrected chi connectivity index (χ3v) is 4.09. The van der Waals surface area contributed by atoms with Crippen LogP contribution in [0.5, 0.6) is 0 Å². The summed E-state index contributed by atoms with van der Waals surface area (Å²) in [5.41, 5.74) is -1.21. The van der Waals surface area contributed by atoms with Crippen LogP contribution in [0.15, 0.2) is 45.3 Å². The number of benzene rings is 1. The summed E-state index contributed by atoms with van der Waals surface area (Å²) in [6.07, 6.45) is 1.24. The van der Waals surface area contributed by atoms with Crippen LogP contribution in [0.4, 0.5) is 0 Å². The number of hydrogen-bond acceptors (Lipinski definition) is 4. The van der Waals surface area contributed by atoms with Crippen molar-refractivity contribution in [3.05, 3.63) is 51.7 Å². The van der Waals surface area contributed by atoms with E-state index in [2.05, 4.69) is 11.6 Å². The molecule has 94 valence electrons. The fourth-order valence-electron chi connectivity index (χ4n) is 1.69. The monoisotopic (exact) mass is 266 g/mol. The molecule has 1 heterocycles. The molecule has 2 rings (SSSR count). The van der Waals surface area contributed by atoms with Crippen molar-refractivity contribution >= 4 is 20.7 Å². The maximum Gasteiger partial charge on any atom is 0.326 e. The summed E-state index contributed by atoms with van der Waals surface area (Å²) >= 11 is 0. The van der Waals surface area contributed by atoms with Gasteiger partial charge in [-0.2, -0.15) is 0 Å². The van der Waals surface area contributed by atoms with Crippen LogP contribution in [0.2, 0.25) is 0 Å². The zero-order valence-corrected chi connectivity index (χ0v) is 10.1. The summed E-state index contributed by atoms with van der Waals surface area (Å²) in [4.78, 5) is 27.1. The van der Waals surface area contributed by atoms with Gasteiger partial charge in [-0.15, -0.1) is 6.58 Å². The predicted octanol–water partition coefficient (Wildman–Crippen LogP) is 0.176. The Morgan fingerprint density at radius 2 is 1.94 bits per heavy atom. The number of rotatable bonds is 3. The average molecular weight is 266 g/mol. The highest BCUT2D eigenvalue weighted by molar-refractivity contribution is 7.91. The Kier molecular flexibility index (Phi) is 2.92. The van der Waals surface area contributed by atoms with Crippen LogP contribution >= 0.6 is 0 Å². The molecule has 0 unspecified atom stereocenters. The number of aromatic nitrogens is 2. The van der Waals surface area contributed by atoms with E-state index in [1.807, 2.05) is 4.98 Å². The molecular weight excluding hydrogens is 256 g/mol. The number of fused-ring (bicyclic) bond motifs is 1. The Balaban J connectivity index is 2.94. The fraction of sp³-hybridized carbons (Fsp3) is 0.0909. The van der Waals surface area contributed by atoms with Crippen LogP contribution < -0.4 is 11.2 Å². The summed E-state index contributed by atoms with van der Waals surface area (Å²) in [5.74, 6) is -0.273. The summed E-state index contributed by atoms with van der Waals surface area (Å²) in [6.45, 7) is 3.37. The summed E-state index contributed by atoms with van der Waals surface area (Å²) < 4.78 is 23.9. The Morgan fingerprint density at radius 1 is 1.22 bits per heavy atom. The summed E-state index contributed by atoms with van der Waals surface area (Å²) in [5, 5.41) is -0.0426. The first kappa shape index (κ1) is 12.3. The number of H-pyrrole nitrogens is 2. The van der Waals surface area contributed by atoms with Crippen molar-refractivity contribution in [1.82, 2.24) is 9.97 Å². The van der Waals surface area contributed by atoms with E-state index in [9.17, 15) is 18.0 Å².